The summed E-state index contributed by atoms with van der Waals surface area (Å²) in [6.07, 6.45) is 9.01. The van der Waals surface area contributed by atoms with Gasteiger partial charge in [-0.3, -0.25) is 4.99 Å². The third-order valence-corrected chi connectivity index (χ3v) is 5.16. The predicted molar refractivity (Wildman–Crippen MR) is 98.3 cm³/mol. The summed E-state index contributed by atoms with van der Waals surface area (Å²) in [5, 5.41) is 11.2. The van der Waals surface area contributed by atoms with Crippen molar-refractivity contribution in [3.8, 4) is 5.69 Å². The number of aromatic nitrogens is 2. The molecule has 24 heavy (non-hydrogen) atoms. The molecule has 128 valence electrons. The van der Waals surface area contributed by atoms with Crippen molar-refractivity contribution in [3.63, 3.8) is 0 Å². The van der Waals surface area contributed by atoms with E-state index in [9.17, 15) is 0 Å². The number of guanidine groups is 1. The minimum atomic E-state index is 0.484. The fraction of sp³-hybridized carbons (Fsp3) is 0.474. The molecule has 5 nitrogen and oxygen atoms in total. The van der Waals surface area contributed by atoms with Crippen LogP contribution in [0.2, 0.25) is 0 Å². The fourth-order valence-electron chi connectivity index (χ4n) is 3.24. The minimum absolute atomic E-state index is 0.484. The SMILES string of the molecule is CCC1(CNC(=NC)NCc2cccc(-n3cccn3)c2)CCC1. The van der Waals surface area contributed by atoms with Crippen LogP contribution in [-0.4, -0.2) is 29.3 Å². The summed E-state index contributed by atoms with van der Waals surface area (Å²) in [4.78, 5) is 4.35. The molecule has 1 aliphatic carbocycles. The maximum atomic E-state index is 4.35. The van der Waals surface area contributed by atoms with E-state index in [0.29, 0.717) is 5.41 Å². The molecule has 1 aromatic heterocycles. The highest BCUT2D eigenvalue weighted by atomic mass is 15.3. The van der Waals surface area contributed by atoms with E-state index in [1.165, 1.54) is 31.2 Å². The smallest absolute Gasteiger partial charge is 0.191 e. The van der Waals surface area contributed by atoms with Crippen LogP contribution in [0.25, 0.3) is 5.69 Å². The summed E-state index contributed by atoms with van der Waals surface area (Å²) in [5.74, 6) is 0.874. The molecule has 0 bridgehead atoms. The highest BCUT2D eigenvalue weighted by Gasteiger charge is 2.34. The van der Waals surface area contributed by atoms with Gasteiger partial charge < -0.3 is 10.6 Å². The van der Waals surface area contributed by atoms with Crippen LogP contribution in [0, 0.1) is 5.41 Å². The van der Waals surface area contributed by atoms with Crippen LogP contribution in [0.3, 0.4) is 0 Å². The zero-order valence-electron chi connectivity index (χ0n) is 14.6. The molecule has 1 aliphatic rings. The summed E-state index contributed by atoms with van der Waals surface area (Å²) in [6, 6.07) is 10.3. The van der Waals surface area contributed by atoms with E-state index in [4.69, 9.17) is 0 Å². The summed E-state index contributed by atoms with van der Waals surface area (Å²) in [7, 11) is 1.83. The monoisotopic (exact) mass is 325 g/mol. The first-order valence-corrected chi connectivity index (χ1v) is 8.78. The third-order valence-electron chi connectivity index (χ3n) is 5.16. The van der Waals surface area contributed by atoms with Gasteiger partial charge in [-0.15, -0.1) is 0 Å². The molecule has 2 aromatic rings. The Morgan fingerprint density at radius 1 is 1.29 bits per heavy atom. The highest BCUT2D eigenvalue weighted by molar-refractivity contribution is 5.79. The molecule has 0 unspecified atom stereocenters. The average molecular weight is 325 g/mol. The Morgan fingerprint density at radius 2 is 2.17 bits per heavy atom. The number of benzene rings is 1. The second kappa shape index (κ2) is 7.51. The van der Waals surface area contributed by atoms with Crippen LogP contribution in [-0.2, 0) is 6.54 Å². The average Bonchev–Trinajstić information content (AvgIpc) is 3.12. The summed E-state index contributed by atoms with van der Waals surface area (Å²) in [5.41, 5.74) is 2.76. The Kier molecular flexibility index (Phi) is 5.18. The summed E-state index contributed by atoms with van der Waals surface area (Å²) < 4.78 is 1.87. The topological polar surface area (TPSA) is 54.2 Å². The Labute approximate surface area is 144 Å². The van der Waals surface area contributed by atoms with Crippen molar-refractivity contribution in [2.75, 3.05) is 13.6 Å². The highest BCUT2D eigenvalue weighted by Crippen LogP contribution is 2.42. The number of hydrogen-bond donors (Lipinski definition) is 2. The van der Waals surface area contributed by atoms with E-state index in [2.05, 4.69) is 51.9 Å². The van der Waals surface area contributed by atoms with Gasteiger partial charge in [0.1, 0.15) is 0 Å². The Morgan fingerprint density at radius 3 is 2.79 bits per heavy atom. The Balaban J connectivity index is 1.55. The largest absolute Gasteiger partial charge is 0.356 e. The van der Waals surface area contributed by atoms with E-state index in [-0.39, 0.29) is 0 Å². The van der Waals surface area contributed by atoms with Crippen LogP contribution < -0.4 is 10.6 Å². The van der Waals surface area contributed by atoms with Gasteiger partial charge in [0.05, 0.1) is 5.69 Å². The molecular weight excluding hydrogens is 298 g/mol. The molecule has 2 N–H and O–H groups in total. The van der Waals surface area contributed by atoms with Crippen molar-refractivity contribution < 1.29 is 0 Å². The van der Waals surface area contributed by atoms with Crippen molar-refractivity contribution in [1.82, 2.24) is 20.4 Å². The fourth-order valence-corrected chi connectivity index (χ4v) is 3.24. The normalized spacial score (nSPS) is 16.5. The van der Waals surface area contributed by atoms with Gasteiger partial charge in [-0.05, 0) is 48.4 Å². The Hall–Kier alpha value is -2.30. The quantitative estimate of drug-likeness (QED) is 0.634. The van der Waals surface area contributed by atoms with Crippen molar-refractivity contribution in [3.05, 3.63) is 48.3 Å². The molecule has 0 aliphatic heterocycles. The molecule has 1 saturated carbocycles. The zero-order valence-corrected chi connectivity index (χ0v) is 14.6. The van der Waals surface area contributed by atoms with E-state index >= 15 is 0 Å². The molecule has 0 amide bonds. The van der Waals surface area contributed by atoms with Gasteiger partial charge >= 0.3 is 0 Å². The number of nitrogens with one attached hydrogen (secondary N) is 2. The van der Waals surface area contributed by atoms with Gasteiger partial charge in [0.25, 0.3) is 0 Å². The maximum Gasteiger partial charge on any atom is 0.191 e. The van der Waals surface area contributed by atoms with Gasteiger partial charge in [0, 0.05) is 32.5 Å². The lowest BCUT2D eigenvalue weighted by molar-refractivity contribution is 0.131. The van der Waals surface area contributed by atoms with E-state index in [0.717, 1.165) is 24.7 Å². The number of nitrogens with zero attached hydrogens (tertiary/aromatic N) is 3. The van der Waals surface area contributed by atoms with Crippen LogP contribution in [0.5, 0.6) is 0 Å². The van der Waals surface area contributed by atoms with Crippen LogP contribution in [0.4, 0.5) is 0 Å². The molecular formula is C19H27N5. The van der Waals surface area contributed by atoms with Crippen LogP contribution in [0.1, 0.15) is 38.2 Å². The first-order chi connectivity index (χ1) is 11.7. The van der Waals surface area contributed by atoms with Crippen molar-refractivity contribution in [1.29, 1.82) is 0 Å². The molecule has 0 atom stereocenters. The maximum absolute atomic E-state index is 4.35. The molecule has 0 radical (unpaired) electrons. The second-order valence-corrected chi connectivity index (χ2v) is 6.61. The van der Waals surface area contributed by atoms with Crippen molar-refractivity contribution in [2.24, 2.45) is 10.4 Å². The lowest BCUT2D eigenvalue weighted by atomic mass is 9.67. The Bertz CT molecular complexity index is 665. The first kappa shape index (κ1) is 16.6. The van der Waals surface area contributed by atoms with E-state index in [1.807, 2.05) is 24.0 Å². The molecule has 0 spiro atoms. The lowest BCUT2D eigenvalue weighted by Crippen LogP contribution is -2.46. The minimum Gasteiger partial charge on any atom is -0.356 e. The molecule has 1 aromatic carbocycles. The van der Waals surface area contributed by atoms with Gasteiger partial charge in [-0.1, -0.05) is 25.5 Å². The molecule has 0 saturated heterocycles. The number of hydrogen-bond acceptors (Lipinski definition) is 2. The van der Waals surface area contributed by atoms with Crippen molar-refractivity contribution in [2.45, 2.75) is 39.2 Å². The van der Waals surface area contributed by atoms with E-state index in [1.54, 1.807) is 6.20 Å². The second-order valence-electron chi connectivity index (χ2n) is 6.61. The molecule has 1 fully saturated rings. The van der Waals surface area contributed by atoms with E-state index < -0.39 is 0 Å². The van der Waals surface area contributed by atoms with Gasteiger partial charge in [0.2, 0.25) is 0 Å². The number of aliphatic imine (C=N–C) groups is 1. The molecule has 3 rings (SSSR count). The van der Waals surface area contributed by atoms with Gasteiger partial charge in [0.15, 0.2) is 5.96 Å². The van der Waals surface area contributed by atoms with Crippen LogP contribution in [0.15, 0.2) is 47.7 Å². The number of rotatable bonds is 6. The van der Waals surface area contributed by atoms with Gasteiger partial charge in [-0.25, -0.2) is 4.68 Å². The van der Waals surface area contributed by atoms with Crippen molar-refractivity contribution >= 4 is 5.96 Å². The predicted octanol–water partition coefficient (Wildman–Crippen LogP) is 3.12. The molecule has 1 heterocycles. The molecule has 5 heteroatoms. The third kappa shape index (κ3) is 3.78. The first-order valence-electron chi connectivity index (χ1n) is 8.78. The lowest BCUT2D eigenvalue weighted by Gasteiger charge is -2.41. The standard InChI is InChI=1S/C19H27N5/c1-3-19(9-5-10-19)15-22-18(20-2)21-14-16-7-4-8-17(13-16)24-12-6-11-23-24/h4,6-8,11-13H,3,5,9-10,14-15H2,1-2H3,(H2,20,21,22). The van der Waals surface area contributed by atoms with Gasteiger partial charge in [-0.2, -0.15) is 5.10 Å². The zero-order chi connectivity index (χ0) is 16.8. The summed E-state index contributed by atoms with van der Waals surface area (Å²) >= 11 is 0. The summed E-state index contributed by atoms with van der Waals surface area (Å²) in [6.45, 7) is 4.04. The van der Waals surface area contributed by atoms with Crippen LogP contribution >= 0.6 is 0 Å².